The van der Waals surface area contributed by atoms with Gasteiger partial charge in [0.1, 0.15) is 15.4 Å². The molecule has 0 amide bonds. The molecule has 0 aromatic carbocycles. The normalized spacial score (nSPS) is 26.5. The van der Waals surface area contributed by atoms with Crippen LogP contribution in [0.5, 0.6) is 0 Å². The molecule has 1 aliphatic heterocycles. The molecule has 1 aliphatic rings. The van der Waals surface area contributed by atoms with E-state index in [9.17, 15) is 8.42 Å². The van der Waals surface area contributed by atoms with Gasteiger partial charge in [-0.1, -0.05) is 5.92 Å². The third kappa shape index (κ3) is 2.00. The minimum absolute atomic E-state index is 0.134. The number of terminal acetylenes is 1. The smallest absolute Gasteiger partial charge is 0.241 e. The molecule has 1 aromatic rings. The molecule has 6 nitrogen and oxygen atoms in total. The fourth-order valence-corrected chi connectivity index (χ4v) is 4.27. The molecule has 2 heterocycles. The van der Waals surface area contributed by atoms with E-state index in [1.165, 1.54) is 18.4 Å². The highest BCUT2D eigenvalue weighted by molar-refractivity contribution is 9.10. The van der Waals surface area contributed by atoms with E-state index in [4.69, 9.17) is 12.2 Å². The lowest BCUT2D eigenvalue weighted by molar-refractivity contribution is 0.508. The maximum absolute atomic E-state index is 12.0. The molecule has 96 valence electrons. The van der Waals surface area contributed by atoms with Crippen LogP contribution in [0.15, 0.2) is 15.0 Å². The van der Waals surface area contributed by atoms with E-state index >= 15 is 0 Å². The van der Waals surface area contributed by atoms with E-state index in [-0.39, 0.29) is 11.7 Å². The minimum atomic E-state index is -3.58. The summed E-state index contributed by atoms with van der Waals surface area (Å²) in [5, 5.41) is 2.14. The van der Waals surface area contributed by atoms with Crippen LogP contribution in [-0.2, 0) is 15.6 Å². The van der Waals surface area contributed by atoms with Crippen molar-refractivity contribution >= 4 is 43.2 Å². The number of sulfonamides is 1. The van der Waals surface area contributed by atoms with E-state index in [1.54, 1.807) is 5.38 Å². The fourth-order valence-electron chi connectivity index (χ4n) is 1.49. The van der Waals surface area contributed by atoms with E-state index in [2.05, 4.69) is 31.8 Å². The quantitative estimate of drug-likeness (QED) is 0.740. The van der Waals surface area contributed by atoms with Crippen LogP contribution < -0.4 is 5.73 Å². The van der Waals surface area contributed by atoms with Crippen molar-refractivity contribution in [3.05, 3.63) is 15.0 Å². The van der Waals surface area contributed by atoms with Crippen LogP contribution in [0, 0.1) is 12.3 Å². The van der Waals surface area contributed by atoms with E-state index in [0.717, 1.165) is 4.31 Å². The van der Waals surface area contributed by atoms with Crippen LogP contribution in [0.25, 0.3) is 0 Å². The topological polar surface area (TPSA) is 88.7 Å². The number of guanidine groups is 1. The first-order valence-corrected chi connectivity index (χ1v) is 8.00. The van der Waals surface area contributed by atoms with Gasteiger partial charge in [0, 0.05) is 12.4 Å². The van der Waals surface area contributed by atoms with Gasteiger partial charge in [-0.2, -0.15) is 0 Å². The number of nitrogens with zero attached hydrogens (tertiary/aromatic N) is 3. The van der Waals surface area contributed by atoms with Gasteiger partial charge < -0.3 is 5.73 Å². The Labute approximate surface area is 117 Å². The summed E-state index contributed by atoms with van der Waals surface area (Å²) in [5.41, 5.74) is 4.27. The highest BCUT2D eigenvalue weighted by Gasteiger charge is 2.44. The summed E-state index contributed by atoms with van der Waals surface area (Å²) in [6, 6.07) is 0. The van der Waals surface area contributed by atoms with E-state index in [1.807, 2.05) is 0 Å². The lowest BCUT2D eigenvalue weighted by Crippen LogP contribution is -2.50. The zero-order valence-corrected chi connectivity index (χ0v) is 12.5. The molecule has 0 fully saturated rings. The largest absolute Gasteiger partial charge is 0.369 e. The second-order valence-electron chi connectivity index (χ2n) is 3.67. The van der Waals surface area contributed by atoms with Gasteiger partial charge in [-0.05, 0) is 15.9 Å². The standard InChI is InChI=1S/C9H9BrN4O2S2/c1-3-9(7-12-6(10)4-17-7)5-18(15,16)14(2)8(11)13-9/h1,4H,5H2,2H3,(H2,11,13)/t9-/m0/s1. The Kier molecular flexibility index (Phi) is 3.12. The Bertz CT molecular complexity index is 660. The van der Waals surface area contributed by atoms with Crippen LogP contribution >= 0.6 is 27.3 Å². The number of aliphatic imine (C=N–C) groups is 1. The summed E-state index contributed by atoms with van der Waals surface area (Å²) < 4.78 is 25.5. The van der Waals surface area contributed by atoms with Gasteiger partial charge in [0.15, 0.2) is 5.54 Å². The molecule has 18 heavy (non-hydrogen) atoms. The summed E-state index contributed by atoms with van der Waals surface area (Å²) in [7, 11) is -2.24. The second kappa shape index (κ2) is 4.22. The third-order valence-corrected chi connectivity index (χ3v) is 6.01. The number of nitrogens with two attached hydrogens (primary N) is 1. The molecule has 0 unspecified atom stereocenters. The van der Waals surface area contributed by atoms with Gasteiger partial charge in [-0.3, -0.25) is 0 Å². The minimum Gasteiger partial charge on any atom is -0.369 e. The van der Waals surface area contributed by atoms with Gasteiger partial charge >= 0.3 is 0 Å². The molecule has 9 heteroatoms. The summed E-state index contributed by atoms with van der Waals surface area (Å²) in [6.45, 7) is 0. The SMILES string of the molecule is C#C[C@@]1(c2nc(Br)cs2)CS(=O)(=O)N(C)C(N)=N1. The molecular formula is C9H9BrN4O2S2. The molecule has 0 spiro atoms. The number of hydrogen-bond donors (Lipinski definition) is 1. The highest BCUT2D eigenvalue weighted by atomic mass is 79.9. The van der Waals surface area contributed by atoms with Crippen molar-refractivity contribution in [3.63, 3.8) is 0 Å². The van der Waals surface area contributed by atoms with Gasteiger partial charge in [0.05, 0.1) is 0 Å². The third-order valence-electron chi connectivity index (χ3n) is 2.51. The molecule has 1 aromatic heterocycles. The van der Waals surface area contributed by atoms with Crippen molar-refractivity contribution in [2.45, 2.75) is 5.54 Å². The molecule has 0 radical (unpaired) electrons. The van der Waals surface area contributed by atoms with Gasteiger partial charge in [-0.25, -0.2) is 22.7 Å². The van der Waals surface area contributed by atoms with Crippen molar-refractivity contribution in [2.24, 2.45) is 10.7 Å². The van der Waals surface area contributed by atoms with Crippen molar-refractivity contribution in [3.8, 4) is 12.3 Å². The van der Waals surface area contributed by atoms with Crippen LogP contribution in [0.4, 0.5) is 0 Å². The van der Waals surface area contributed by atoms with Gasteiger partial charge in [-0.15, -0.1) is 17.8 Å². The molecule has 0 saturated heterocycles. The van der Waals surface area contributed by atoms with Crippen LogP contribution in [0.3, 0.4) is 0 Å². The lowest BCUT2D eigenvalue weighted by Gasteiger charge is -2.31. The molecule has 0 saturated carbocycles. The molecule has 0 bridgehead atoms. The number of rotatable bonds is 1. The summed E-state index contributed by atoms with van der Waals surface area (Å²) in [4.78, 5) is 8.27. The van der Waals surface area contributed by atoms with Gasteiger partial charge in [0.25, 0.3) is 0 Å². The first kappa shape index (κ1) is 13.3. The monoisotopic (exact) mass is 348 g/mol. The summed E-state index contributed by atoms with van der Waals surface area (Å²) >= 11 is 4.44. The van der Waals surface area contributed by atoms with Crippen molar-refractivity contribution < 1.29 is 8.42 Å². The predicted octanol–water partition coefficient (Wildman–Crippen LogP) is 0.324. The Hall–Kier alpha value is -1.11. The maximum Gasteiger partial charge on any atom is 0.241 e. The van der Waals surface area contributed by atoms with Crippen molar-refractivity contribution in [2.75, 3.05) is 12.8 Å². The Morgan fingerprint density at radius 1 is 1.72 bits per heavy atom. The predicted molar refractivity (Wildman–Crippen MR) is 73.5 cm³/mol. The number of halogens is 1. The van der Waals surface area contributed by atoms with E-state index < -0.39 is 15.6 Å². The maximum atomic E-state index is 12.0. The molecule has 2 rings (SSSR count). The zero-order chi connectivity index (χ0) is 13.6. The average Bonchev–Trinajstić information content (AvgIpc) is 2.72. The van der Waals surface area contributed by atoms with Crippen LogP contribution in [-0.4, -0.2) is 36.5 Å². The van der Waals surface area contributed by atoms with Crippen molar-refractivity contribution in [1.29, 1.82) is 0 Å². The Morgan fingerprint density at radius 3 is 2.83 bits per heavy atom. The molecule has 2 N–H and O–H groups in total. The Balaban J connectivity index is 2.64. The summed E-state index contributed by atoms with van der Waals surface area (Å²) in [5.74, 6) is 1.93. The zero-order valence-electron chi connectivity index (χ0n) is 9.29. The molecule has 0 aliphatic carbocycles. The Morgan fingerprint density at radius 2 is 2.39 bits per heavy atom. The average molecular weight is 349 g/mol. The first-order chi connectivity index (χ1) is 8.31. The van der Waals surface area contributed by atoms with E-state index in [0.29, 0.717) is 9.61 Å². The number of hydrogen-bond acceptors (Lipinski definition) is 6. The number of thiazole rings is 1. The molecular weight excluding hydrogens is 340 g/mol. The summed E-state index contributed by atoms with van der Waals surface area (Å²) in [6.07, 6.45) is 5.46. The fraction of sp³-hybridized carbons (Fsp3) is 0.333. The van der Waals surface area contributed by atoms with Gasteiger partial charge in [0.2, 0.25) is 16.0 Å². The first-order valence-electron chi connectivity index (χ1n) is 4.72. The molecule has 1 atom stereocenters. The number of aromatic nitrogens is 1. The van der Waals surface area contributed by atoms with Crippen molar-refractivity contribution in [1.82, 2.24) is 9.29 Å². The highest BCUT2D eigenvalue weighted by Crippen LogP contribution is 2.34. The lowest BCUT2D eigenvalue weighted by atomic mass is 10.1. The second-order valence-corrected chi connectivity index (χ2v) is 7.34. The van der Waals surface area contributed by atoms with Crippen LogP contribution in [0.2, 0.25) is 0 Å². The van der Waals surface area contributed by atoms with Crippen LogP contribution in [0.1, 0.15) is 5.01 Å².